The van der Waals surface area contributed by atoms with Crippen LogP contribution < -0.4 is 10.1 Å². The number of nitrogens with zero attached hydrogens (tertiary/aromatic N) is 2. The highest BCUT2D eigenvalue weighted by Gasteiger charge is 2.40. The first-order valence-electron chi connectivity index (χ1n) is 11.3. The van der Waals surface area contributed by atoms with Crippen LogP contribution in [0.25, 0.3) is 0 Å². The zero-order valence-corrected chi connectivity index (χ0v) is 18.5. The lowest BCUT2D eigenvalue weighted by atomic mass is 9.97. The number of halogens is 3. The molecule has 0 saturated heterocycles. The first kappa shape index (κ1) is 23.8. The maximum Gasteiger partial charge on any atom is 0.406 e. The van der Waals surface area contributed by atoms with Crippen LogP contribution in [0.4, 0.5) is 19.0 Å². The van der Waals surface area contributed by atoms with E-state index < -0.39 is 30.5 Å². The van der Waals surface area contributed by atoms with Crippen molar-refractivity contribution in [2.24, 2.45) is 5.92 Å². The van der Waals surface area contributed by atoms with Gasteiger partial charge in [-0.15, -0.1) is 0 Å². The number of alkyl halides is 3. The van der Waals surface area contributed by atoms with Gasteiger partial charge in [0.1, 0.15) is 24.0 Å². The second-order valence-electron chi connectivity index (χ2n) is 8.63. The highest BCUT2D eigenvalue weighted by molar-refractivity contribution is 5.97. The van der Waals surface area contributed by atoms with Gasteiger partial charge in [-0.2, -0.15) is 13.2 Å². The van der Waals surface area contributed by atoms with E-state index in [-0.39, 0.29) is 13.0 Å². The van der Waals surface area contributed by atoms with E-state index in [1.165, 1.54) is 5.56 Å². The molecule has 4 rings (SSSR count). The van der Waals surface area contributed by atoms with Gasteiger partial charge in [0.2, 0.25) is 5.91 Å². The molecule has 0 fully saturated rings. The van der Waals surface area contributed by atoms with Gasteiger partial charge in [-0.3, -0.25) is 9.59 Å². The average Bonchev–Trinajstić information content (AvgIpc) is 3.08. The van der Waals surface area contributed by atoms with E-state index in [4.69, 9.17) is 4.74 Å². The van der Waals surface area contributed by atoms with Crippen molar-refractivity contribution >= 4 is 17.7 Å². The van der Waals surface area contributed by atoms with Gasteiger partial charge in [-0.05, 0) is 60.6 Å². The van der Waals surface area contributed by atoms with Gasteiger partial charge in [0.25, 0.3) is 0 Å². The molecule has 10 heteroatoms. The van der Waals surface area contributed by atoms with Crippen molar-refractivity contribution in [3.8, 4) is 5.75 Å². The third kappa shape index (κ3) is 5.78. The Labute approximate surface area is 194 Å². The summed E-state index contributed by atoms with van der Waals surface area (Å²) in [6.07, 6.45) is -1.02. The molecule has 1 aromatic carbocycles. The number of rotatable bonds is 6. The summed E-state index contributed by atoms with van der Waals surface area (Å²) >= 11 is 0. The van der Waals surface area contributed by atoms with Gasteiger partial charge in [0, 0.05) is 25.2 Å². The fourth-order valence-electron chi connectivity index (χ4n) is 4.34. The number of hydrogen-bond donors (Lipinski definition) is 2. The Morgan fingerprint density at radius 3 is 2.74 bits per heavy atom. The number of amides is 1. The van der Waals surface area contributed by atoms with Gasteiger partial charge < -0.3 is 20.1 Å². The molecule has 0 spiro atoms. The molecule has 0 aliphatic carbocycles. The number of carbonyl (C=O) groups excluding carboxylic acids is 1. The molecule has 2 aromatic rings. The van der Waals surface area contributed by atoms with Crippen LogP contribution in [0.15, 0.2) is 30.3 Å². The van der Waals surface area contributed by atoms with Crippen molar-refractivity contribution in [2.45, 2.75) is 44.8 Å². The lowest BCUT2D eigenvalue weighted by molar-refractivity contribution is -0.168. The highest BCUT2D eigenvalue weighted by Crippen LogP contribution is 2.29. The second kappa shape index (κ2) is 9.90. The Morgan fingerprint density at radius 1 is 1.18 bits per heavy atom. The summed E-state index contributed by atoms with van der Waals surface area (Å²) in [4.78, 5) is 29.2. The van der Waals surface area contributed by atoms with Crippen LogP contribution >= 0.6 is 0 Å². The number of nitrogens with one attached hydrogen (secondary N) is 1. The largest absolute Gasteiger partial charge is 0.493 e. The number of carboxylic acids is 1. The van der Waals surface area contributed by atoms with Gasteiger partial charge in [-0.1, -0.05) is 12.1 Å². The van der Waals surface area contributed by atoms with E-state index in [2.05, 4.69) is 16.4 Å². The molecule has 1 amide bonds. The van der Waals surface area contributed by atoms with Crippen LogP contribution in [-0.4, -0.2) is 52.7 Å². The Balaban J connectivity index is 1.45. The fourth-order valence-corrected chi connectivity index (χ4v) is 4.34. The van der Waals surface area contributed by atoms with Crippen molar-refractivity contribution in [1.82, 2.24) is 9.88 Å². The van der Waals surface area contributed by atoms with Crippen LogP contribution in [0.1, 0.15) is 35.2 Å². The third-order valence-corrected chi connectivity index (χ3v) is 6.07. The zero-order valence-electron chi connectivity index (χ0n) is 18.5. The number of aryl methyl sites for hydroxylation is 1. The second-order valence-corrected chi connectivity index (χ2v) is 8.63. The third-order valence-electron chi connectivity index (χ3n) is 6.07. The topological polar surface area (TPSA) is 91.8 Å². The van der Waals surface area contributed by atoms with Crippen LogP contribution in [0.2, 0.25) is 0 Å². The number of anilines is 1. The normalized spacial score (nSPS) is 18.3. The standard InChI is InChI=1S/C24H26F3N3O4/c25-24(26,27)14-30-13-17-11-19(7-5-16(17)12-20(22(30)31)23(32)33)34-10-8-18-6-4-15-3-1-2-9-28-21(15)29-18/h4-7,11,20H,1-3,8-10,12-14H2,(H,28,29)(H,32,33)/t20-/m1/s1. The Hall–Kier alpha value is -3.30. The summed E-state index contributed by atoms with van der Waals surface area (Å²) in [6, 6.07) is 8.90. The minimum atomic E-state index is -4.63. The number of carboxylic acid groups (broad SMARTS) is 1. The zero-order chi connectivity index (χ0) is 24.3. The molecule has 182 valence electrons. The first-order valence-corrected chi connectivity index (χ1v) is 11.3. The molecule has 0 saturated carbocycles. The molecule has 1 atom stereocenters. The average molecular weight is 477 g/mol. The summed E-state index contributed by atoms with van der Waals surface area (Å²) in [7, 11) is 0. The van der Waals surface area contributed by atoms with Gasteiger partial charge >= 0.3 is 12.1 Å². The molecule has 0 unspecified atom stereocenters. The summed E-state index contributed by atoms with van der Waals surface area (Å²) < 4.78 is 44.8. The number of carbonyl (C=O) groups is 2. The van der Waals surface area contributed by atoms with Crippen molar-refractivity contribution in [3.63, 3.8) is 0 Å². The minimum absolute atomic E-state index is 0.163. The molecule has 7 nitrogen and oxygen atoms in total. The lowest BCUT2D eigenvalue weighted by Crippen LogP contribution is -2.43. The lowest BCUT2D eigenvalue weighted by Gasteiger charge is -2.24. The van der Waals surface area contributed by atoms with Crippen molar-refractivity contribution < 1.29 is 32.6 Å². The Morgan fingerprint density at radius 2 is 1.97 bits per heavy atom. The number of aromatic nitrogens is 1. The predicted octanol–water partition coefficient (Wildman–Crippen LogP) is 3.60. The van der Waals surface area contributed by atoms with Gasteiger partial charge in [0.05, 0.1) is 6.61 Å². The van der Waals surface area contributed by atoms with Crippen LogP contribution in [0.5, 0.6) is 5.75 Å². The van der Waals surface area contributed by atoms with Crippen molar-refractivity contribution in [3.05, 3.63) is 52.7 Å². The molecule has 0 radical (unpaired) electrons. The number of ether oxygens (including phenoxy) is 1. The summed E-state index contributed by atoms with van der Waals surface area (Å²) in [5.74, 6) is -2.68. The Bertz CT molecular complexity index is 1070. The van der Waals surface area contributed by atoms with E-state index in [0.717, 1.165) is 37.3 Å². The van der Waals surface area contributed by atoms with E-state index in [1.807, 2.05) is 6.07 Å². The number of aliphatic carboxylic acids is 1. The van der Waals surface area contributed by atoms with E-state index in [9.17, 15) is 27.9 Å². The molecule has 34 heavy (non-hydrogen) atoms. The predicted molar refractivity (Wildman–Crippen MR) is 118 cm³/mol. The van der Waals surface area contributed by atoms with Crippen LogP contribution in [0, 0.1) is 5.92 Å². The quantitative estimate of drug-likeness (QED) is 0.618. The SMILES string of the molecule is O=C(O)[C@@H]1Cc2ccc(OCCc3ccc4c(n3)NCCCC4)cc2CN(CC(F)(F)F)C1=O. The molecule has 2 aliphatic rings. The maximum absolute atomic E-state index is 13.0. The van der Waals surface area contributed by atoms with Crippen molar-refractivity contribution in [1.29, 1.82) is 0 Å². The van der Waals surface area contributed by atoms with E-state index in [1.54, 1.807) is 18.2 Å². The minimum Gasteiger partial charge on any atom is -0.493 e. The number of benzene rings is 1. The monoisotopic (exact) mass is 477 g/mol. The molecule has 0 bridgehead atoms. The Kier molecular flexibility index (Phi) is 6.95. The van der Waals surface area contributed by atoms with Crippen LogP contribution in [-0.2, 0) is 35.4 Å². The summed E-state index contributed by atoms with van der Waals surface area (Å²) in [6.45, 7) is -0.621. The van der Waals surface area contributed by atoms with E-state index in [0.29, 0.717) is 34.8 Å². The van der Waals surface area contributed by atoms with Crippen LogP contribution in [0.3, 0.4) is 0 Å². The fraction of sp³-hybridized carbons (Fsp3) is 0.458. The molecular formula is C24H26F3N3O4. The first-order chi connectivity index (χ1) is 16.2. The molecule has 2 N–H and O–H groups in total. The number of fused-ring (bicyclic) bond motifs is 2. The number of pyridine rings is 1. The molecule has 3 heterocycles. The van der Waals surface area contributed by atoms with Crippen molar-refractivity contribution in [2.75, 3.05) is 25.0 Å². The van der Waals surface area contributed by atoms with Gasteiger partial charge in [0.15, 0.2) is 0 Å². The van der Waals surface area contributed by atoms with E-state index >= 15 is 0 Å². The smallest absolute Gasteiger partial charge is 0.406 e. The summed E-state index contributed by atoms with van der Waals surface area (Å²) in [5, 5.41) is 12.7. The highest BCUT2D eigenvalue weighted by atomic mass is 19.4. The number of hydrogen-bond acceptors (Lipinski definition) is 5. The molecular weight excluding hydrogens is 451 g/mol. The molecule has 2 aliphatic heterocycles. The summed E-state index contributed by atoms with van der Waals surface area (Å²) in [5.41, 5.74) is 3.04. The molecule has 1 aromatic heterocycles. The maximum atomic E-state index is 13.0. The van der Waals surface area contributed by atoms with Gasteiger partial charge in [-0.25, -0.2) is 4.98 Å².